The lowest BCUT2D eigenvalue weighted by atomic mass is 10.0. The first-order chi connectivity index (χ1) is 14.1. The monoisotopic (exact) mass is 379 g/mol. The highest BCUT2D eigenvalue weighted by atomic mass is 16.6. The van der Waals surface area contributed by atoms with E-state index in [0.29, 0.717) is 5.69 Å². The van der Waals surface area contributed by atoms with Crippen LogP contribution in [0, 0.1) is 10.1 Å². The molecule has 4 aromatic carbocycles. The molecule has 2 N–H and O–H groups in total. The molecule has 0 aliphatic carbocycles. The maximum atomic E-state index is 11.3. The van der Waals surface area contributed by atoms with Gasteiger partial charge in [-0.15, -0.1) is 0 Å². The summed E-state index contributed by atoms with van der Waals surface area (Å²) < 4.78 is 2.19. The van der Waals surface area contributed by atoms with Gasteiger partial charge in [-0.3, -0.25) is 10.1 Å². The first kappa shape index (κ1) is 17.0. The SMILES string of the molecule is Nc1cc(-c2cccc([N+](=O)[O-])c2)c2c(c1)c1ccccc1n2-c1ccccc1. The molecule has 0 fully saturated rings. The highest BCUT2D eigenvalue weighted by molar-refractivity contribution is 6.15. The molecule has 1 heterocycles. The number of hydrogen-bond donors (Lipinski definition) is 1. The lowest BCUT2D eigenvalue weighted by Gasteiger charge is -2.12. The summed E-state index contributed by atoms with van der Waals surface area (Å²) in [6.45, 7) is 0. The molecule has 0 bridgehead atoms. The molecular formula is C24H17N3O2. The fraction of sp³-hybridized carbons (Fsp3) is 0. The molecule has 0 atom stereocenters. The highest BCUT2D eigenvalue weighted by Crippen LogP contribution is 2.40. The number of rotatable bonds is 3. The van der Waals surface area contributed by atoms with Gasteiger partial charge in [-0.05, 0) is 35.9 Å². The molecule has 0 spiro atoms. The zero-order valence-electron chi connectivity index (χ0n) is 15.4. The number of nitrogens with zero attached hydrogens (tertiary/aromatic N) is 2. The summed E-state index contributed by atoms with van der Waals surface area (Å²) >= 11 is 0. The average Bonchev–Trinajstić information content (AvgIpc) is 3.08. The Morgan fingerprint density at radius 1 is 0.793 bits per heavy atom. The van der Waals surface area contributed by atoms with Crippen molar-refractivity contribution < 1.29 is 4.92 Å². The van der Waals surface area contributed by atoms with Crippen LogP contribution in [0.2, 0.25) is 0 Å². The van der Waals surface area contributed by atoms with Crippen molar-refractivity contribution in [2.75, 3.05) is 5.73 Å². The highest BCUT2D eigenvalue weighted by Gasteiger charge is 2.18. The molecule has 0 saturated carbocycles. The number of nitro benzene ring substituents is 1. The number of nitrogens with two attached hydrogens (primary N) is 1. The Bertz CT molecular complexity index is 1390. The first-order valence-corrected chi connectivity index (χ1v) is 9.26. The largest absolute Gasteiger partial charge is 0.399 e. The van der Waals surface area contributed by atoms with Gasteiger partial charge in [0.15, 0.2) is 0 Å². The molecule has 0 radical (unpaired) electrons. The lowest BCUT2D eigenvalue weighted by molar-refractivity contribution is -0.384. The van der Waals surface area contributed by atoms with Crippen LogP contribution in [0.3, 0.4) is 0 Å². The molecule has 0 saturated heterocycles. The topological polar surface area (TPSA) is 74.1 Å². The van der Waals surface area contributed by atoms with Crippen molar-refractivity contribution in [2.45, 2.75) is 0 Å². The second-order valence-corrected chi connectivity index (χ2v) is 6.96. The van der Waals surface area contributed by atoms with E-state index >= 15 is 0 Å². The minimum absolute atomic E-state index is 0.0560. The Balaban J connectivity index is 1.96. The van der Waals surface area contributed by atoms with Crippen molar-refractivity contribution in [3.63, 3.8) is 0 Å². The third-order valence-electron chi connectivity index (χ3n) is 5.17. The quantitative estimate of drug-likeness (QED) is 0.239. The summed E-state index contributed by atoms with van der Waals surface area (Å²) in [4.78, 5) is 10.9. The molecular weight excluding hydrogens is 362 g/mol. The minimum Gasteiger partial charge on any atom is -0.399 e. The number of aromatic nitrogens is 1. The molecule has 5 heteroatoms. The third kappa shape index (κ3) is 2.72. The van der Waals surface area contributed by atoms with Gasteiger partial charge in [-0.1, -0.05) is 48.5 Å². The van der Waals surface area contributed by atoms with Crippen LogP contribution < -0.4 is 5.73 Å². The smallest absolute Gasteiger partial charge is 0.270 e. The number of nitrogen functional groups attached to an aromatic ring is 1. The van der Waals surface area contributed by atoms with Crippen LogP contribution in [-0.2, 0) is 0 Å². The number of fused-ring (bicyclic) bond motifs is 3. The molecule has 0 aliphatic heterocycles. The molecule has 140 valence electrons. The van der Waals surface area contributed by atoms with Crippen molar-refractivity contribution in [1.29, 1.82) is 0 Å². The fourth-order valence-electron chi connectivity index (χ4n) is 3.97. The molecule has 0 amide bonds. The van der Waals surface area contributed by atoms with Crippen molar-refractivity contribution >= 4 is 33.2 Å². The molecule has 29 heavy (non-hydrogen) atoms. The van der Waals surface area contributed by atoms with E-state index in [-0.39, 0.29) is 10.6 Å². The van der Waals surface area contributed by atoms with Gasteiger partial charge in [0.2, 0.25) is 0 Å². The van der Waals surface area contributed by atoms with Gasteiger partial charge in [-0.2, -0.15) is 0 Å². The van der Waals surface area contributed by atoms with Gasteiger partial charge in [0.25, 0.3) is 5.69 Å². The third-order valence-corrected chi connectivity index (χ3v) is 5.17. The van der Waals surface area contributed by atoms with Crippen LogP contribution in [0.5, 0.6) is 0 Å². The van der Waals surface area contributed by atoms with Crippen molar-refractivity contribution in [3.8, 4) is 16.8 Å². The van der Waals surface area contributed by atoms with Crippen LogP contribution >= 0.6 is 0 Å². The normalized spacial score (nSPS) is 11.2. The minimum atomic E-state index is -0.375. The fourth-order valence-corrected chi connectivity index (χ4v) is 3.97. The Morgan fingerprint density at radius 2 is 1.55 bits per heavy atom. The first-order valence-electron chi connectivity index (χ1n) is 9.26. The van der Waals surface area contributed by atoms with Crippen molar-refractivity contribution in [2.24, 2.45) is 0 Å². The van der Waals surface area contributed by atoms with E-state index in [4.69, 9.17) is 5.73 Å². The van der Waals surface area contributed by atoms with Gasteiger partial charge in [0.1, 0.15) is 0 Å². The van der Waals surface area contributed by atoms with Gasteiger partial charge >= 0.3 is 0 Å². The molecule has 5 nitrogen and oxygen atoms in total. The van der Waals surface area contributed by atoms with Crippen LogP contribution in [0.4, 0.5) is 11.4 Å². The zero-order chi connectivity index (χ0) is 20.0. The Hall–Kier alpha value is -4.12. The van der Waals surface area contributed by atoms with E-state index in [1.807, 2.05) is 48.5 Å². The van der Waals surface area contributed by atoms with Crippen molar-refractivity contribution in [3.05, 3.63) is 101 Å². The van der Waals surface area contributed by atoms with E-state index in [9.17, 15) is 10.1 Å². The Kier molecular flexibility index (Phi) is 3.81. The Labute approximate surface area is 166 Å². The van der Waals surface area contributed by atoms with Crippen LogP contribution in [0.15, 0.2) is 91.0 Å². The second-order valence-electron chi connectivity index (χ2n) is 6.96. The number of hydrogen-bond acceptors (Lipinski definition) is 3. The number of para-hydroxylation sites is 2. The van der Waals surface area contributed by atoms with Crippen LogP contribution in [-0.4, -0.2) is 9.49 Å². The summed E-state index contributed by atoms with van der Waals surface area (Å²) in [5, 5.41) is 13.4. The predicted octanol–water partition coefficient (Wildman–Crippen LogP) is 5.94. The maximum absolute atomic E-state index is 11.3. The maximum Gasteiger partial charge on any atom is 0.270 e. The van der Waals surface area contributed by atoms with E-state index in [0.717, 1.165) is 38.6 Å². The van der Waals surface area contributed by atoms with Gasteiger partial charge in [-0.25, -0.2) is 0 Å². The van der Waals surface area contributed by atoms with E-state index in [1.165, 1.54) is 6.07 Å². The number of non-ortho nitro benzene ring substituents is 1. The average molecular weight is 379 g/mol. The molecule has 5 aromatic rings. The lowest BCUT2D eigenvalue weighted by Crippen LogP contribution is -1.96. The standard InChI is InChI=1S/C24H17N3O2/c25-17-14-21(16-7-6-10-19(13-16)27(28)29)24-22(15-17)20-11-4-5-12-23(20)26(24)18-8-2-1-3-9-18/h1-15H,25H2. The van der Waals surface area contributed by atoms with E-state index in [1.54, 1.807) is 12.1 Å². The summed E-state index contributed by atoms with van der Waals surface area (Å²) in [7, 11) is 0. The number of anilines is 1. The second kappa shape index (κ2) is 6.49. The predicted molar refractivity (Wildman–Crippen MR) is 117 cm³/mol. The van der Waals surface area contributed by atoms with Gasteiger partial charge in [0, 0.05) is 39.8 Å². The number of nitro groups is 1. The van der Waals surface area contributed by atoms with E-state index in [2.05, 4.69) is 28.8 Å². The molecule has 0 aliphatic rings. The van der Waals surface area contributed by atoms with Crippen LogP contribution in [0.25, 0.3) is 38.6 Å². The molecule has 0 unspecified atom stereocenters. The Morgan fingerprint density at radius 3 is 2.34 bits per heavy atom. The molecule has 1 aromatic heterocycles. The summed E-state index contributed by atoms with van der Waals surface area (Å²) in [5.41, 5.74) is 11.6. The van der Waals surface area contributed by atoms with Gasteiger partial charge in [0.05, 0.1) is 16.0 Å². The zero-order valence-corrected chi connectivity index (χ0v) is 15.4. The molecule has 5 rings (SSSR count). The van der Waals surface area contributed by atoms with E-state index < -0.39 is 0 Å². The summed E-state index contributed by atoms with van der Waals surface area (Å²) in [5.74, 6) is 0. The summed E-state index contributed by atoms with van der Waals surface area (Å²) in [6, 6.07) is 28.8. The van der Waals surface area contributed by atoms with Gasteiger partial charge < -0.3 is 10.3 Å². The summed E-state index contributed by atoms with van der Waals surface area (Å²) in [6.07, 6.45) is 0. The number of benzene rings is 4. The van der Waals surface area contributed by atoms with Crippen molar-refractivity contribution in [1.82, 2.24) is 4.57 Å². The van der Waals surface area contributed by atoms with Crippen LogP contribution in [0.1, 0.15) is 0 Å².